The Hall–Kier alpha value is -3.23. The number of aromatic amines is 1. The smallest absolute Gasteiger partial charge is 0.328 e. The summed E-state index contributed by atoms with van der Waals surface area (Å²) in [6, 6.07) is 9.79. The van der Waals surface area contributed by atoms with Crippen LogP contribution in [0.3, 0.4) is 0 Å². The van der Waals surface area contributed by atoms with Gasteiger partial charge in [0, 0.05) is 6.20 Å². The van der Waals surface area contributed by atoms with Gasteiger partial charge in [-0.05, 0) is 29.8 Å². The summed E-state index contributed by atoms with van der Waals surface area (Å²) in [4.78, 5) is 40.0. The number of amides is 1. The summed E-state index contributed by atoms with van der Waals surface area (Å²) in [6.45, 7) is 0.0539. The summed E-state index contributed by atoms with van der Waals surface area (Å²) < 4.78 is 11.5. The van der Waals surface area contributed by atoms with Crippen LogP contribution < -0.4 is 26.0 Å². The first-order chi connectivity index (χ1) is 13.9. The number of carbonyl (C=O) groups is 1. The van der Waals surface area contributed by atoms with Gasteiger partial charge in [0.15, 0.2) is 11.5 Å². The van der Waals surface area contributed by atoms with Crippen molar-refractivity contribution in [2.24, 2.45) is 0 Å². The number of nitrogens with one attached hydrogen (secondary N) is 2. The summed E-state index contributed by atoms with van der Waals surface area (Å²) in [5, 5.41) is 2.94. The molecule has 2 aromatic carbocycles. The largest absolute Gasteiger partial charge is 0.454 e. The molecule has 0 bridgehead atoms. The first-order valence-corrected chi connectivity index (χ1v) is 9.16. The van der Waals surface area contributed by atoms with Crippen LogP contribution in [0.4, 0.5) is 5.69 Å². The van der Waals surface area contributed by atoms with E-state index in [1.54, 1.807) is 36.4 Å². The molecule has 2 heterocycles. The lowest BCUT2D eigenvalue weighted by Crippen LogP contribution is -2.39. The second-order valence-electron chi connectivity index (χ2n) is 6.14. The minimum absolute atomic E-state index is 0.0568. The molecule has 10 heteroatoms. The molecule has 0 saturated heterocycles. The predicted molar refractivity (Wildman–Crippen MR) is 107 cm³/mol. The van der Waals surface area contributed by atoms with Crippen molar-refractivity contribution in [3.05, 3.63) is 84.6 Å². The van der Waals surface area contributed by atoms with Crippen LogP contribution in [0.15, 0.2) is 52.2 Å². The molecule has 0 aliphatic carbocycles. The van der Waals surface area contributed by atoms with Crippen molar-refractivity contribution in [2.75, 3.05) is 12.1 Å². The molecule has 3 aromatic rings. The lowest BCUT2D eigenvalue weighted by molar-refractivity contribution is 0.102. The van der Waals surface area contributed by atoms with Crippen molar-refractivity contribution in [3.8, 4) is 11.5 Å². The Morgan fingerprint density at radius 2 is 1.83 bits per heavy atom. The first kappa shape index (κ1) is 19.1. The van der Waals surface area contributed by atoms with Crippen molar-refractivity contribution in [2.45, 2.75) is 6.54 Å². The fourth-order valence-corrected chi connectivity index (χ4v) is 3.33. The number of para-hydroxylation sites is 1. The van der Waals surface area contributed by atoms with Gasteiger partial charge in [-0.2, -0.15) is 0 Å². The summed E-state index contributed by atoms with van der Waals surface area (Å²) in [5.74, 6) is 0.356. The molecule has 0 saturated carbocycles. The Morgan fingerprint density at radius 3 is 2.59 bits per heavy atom. The van der Waals surface area contributed by atoms with Crippen LogP contribution in [0.1, 0.15) is 15.9 Å². The third-order valence-electron chi connectivity index (χ3n) is 4.28. The molecule has 148 valence electrons. The minimum atomic E-state index is -0.757. The number of fused-ring (bicyclic) bond motifs is 1. The zero-order chi connectivity index (χ0) is 20.5. The average Bonchev–Trinajstić information content (AvgIpc) is 3.16. The van der Waals surface area contributed by atoms with E-state index in [1.165, 1.54) is 0 Å². The van der Waals surface area contributed by atoms with Crippen LogP contribution in [0.5, 0.6) is 11.5 Å². The maximum absolute atomic E-state index is 12.8. The quantitative estimate of drug-likeness (QED) is 0.658. The molecule has 2 N–H and O–H groups in total. The van der Waals surface area contributed by atoms with E-state index in [2.05, 4.69) is 10.3 Å². The van der Waals surface area contributed by atoms with E-state index >= 15 is 0 Å². The molecule has 0 spiro atoms. The number of aromatic nitrogens is 2. The van der Waals surface area contributed by atoms with Crippen molar-refractivity contribution in [3.63, 3.8) is 0 Å². The molecule has 1 aliphatic rings. The molecule has 0 atom stereocenters. The van der Waals surface area contributed by atoms with Crippen LogP contribution in [0.2, 0.25) is 10.0 Å². The normalized spacial score (nSPS) is 12.1. The van der Waals surface area contributed by atoms with E-state index in [1.807, 2.05) is 0 Å². The Balaban J connectivity index is 1.66. The highest BCUT2D eigenvalue weighted by atomic mass is 35.5. The predicted octanol–water partition coefficient (Wildman–Crippen LogP) is 2.87. The minimum Gasteiger partial charge on any atom is -0.454 e. The Morgan fingerprint density at radius 1 is 1.10 bits per heavy atom. The standard InChI is InChI=1S/C19H13Cl2N3O5/c20-12-2-1-3-13(21)16(12)23-17(25)11-7-22-19(27)24(18(11)26)8-10-4-5-14-15(6-10)29-9-28-14/h1-7H,8-9H2,(H,22,27)(H,23,25). The van der Waals surface area contributed by atoms with Crippen LogP contribution in [-0.4, -0.2) is 22.3 Å². The van der Waals surface area contributed by atoms with E-state index in [9.17, 15) is 14.4 Å². The van der Waals surface area contributed by atoms with E-state index in [4.69, 9.17) is 32.7 Å². The number of hydrogen-bond acceptors (Lipinski definition) is 5. The highest BCUT2D eigenvalue weighted by Crippen LogP contribution is 2.32. The molecule has 1 aliphatic heterocycles. The molecular weight excluding hydrogens is 421 g/mol. The number of halogens is 2. The molecule has 1 amide bonds. The zero-order valence-electron chi connectivity index (χ0n) is 14.7. The van der Waals surface area contributed by atoms with Gasteiger partial charge in [0.1, 0.15) is 5.56 Å². The molecule has 29 heavy (non-hydrogen) atoms. The summed E-state index contributed by atoms with van der Waals surface area (Å²) in [6.07, 6.45) is 1.06. The average molecular weight is 434 g/mol. The van der Waals surface area contributed by atoms with Crippen LogP contribution in [0.25, 0.3) is 0 Å². The number of benzene rings is 2. The van der Waals surface area contributed by atoms with Crippen LogP contribution in [0, 0.1) is 0 Å². The maximum atomic E-state index is 12.8. The topological polar surface area (TPSA) is 102 Å². The van der Waals surface area contributed by atoms with Gasteiger partial charge in [-0.15, -0.1) is 0 Å². The Bertz CT molecular complexity index is 1210. The lowest BCUT2D eigenvalue weighted by Gasteiger charge is -2.10. The van der Waals surface area contributed by atoms with Gasteiger partial charge in [0.25, 0.3) is 11.5 Å². The van der Waals surface area contributed by atoms with Gasteiger partial charge in [-0.3, -0.25) is 14.2 Å². The number of nitrogens with zero attached hydrogens (tertiary/aromatic N) is 1. The highest BCUT2D eigenvalue weighted by Gasteiger charge is 2.19. The molecule has 0 radical (unpaired) electrons. The van der Waals surface area contributed by atoms with Crippen LogP contribution >= 0.6 is 23.2 Å². The summed E-state index contributed by atoms with van der Waals surface area (Å²) >= 11 is 12.1. The van der Waals surface area contributed by atoms with Crippen molar-refractivity contribution in [1.82, 2.24) is 9.55 Å². The van der Waals surface area contributed by atoms with Crippen LogP contribution in [-0.2, 0) is 6.54 Å². The summed E-state index contributed by atoms with van der Waals surface area (Å²) in [7, 11) is 0. The highest BCUT2D eigenvalue weighted by molar-refractivity contribution is 6.40. The number of carbonyl (C=O) groups excluding carboxylic acids is 1. The number of H-pyrrole nitrogens is 1. The number of hydrogen-bond donors (Lipinski definition) is 2. The van der Waals surface area contributed by atoms with Gasteiger partial charge in [0.2, 0.25) is 6.79 Å². The van der Waals surface area contributed by atoms with E-state index < -0.39 is 17.2 Å². The second-order valence-corrected chi connectivity index (χ2v) is 6.95. The summed E-state index contributed by atoms with van der Waals surface area (Å²) in [5.41, 5.74) is -0.865. The molecule has 4 rings (SSSR count). The molecule has 0 unspecified atom stereocenters. The maximum Gasteiger partial charge on any atom is 0.328 e. The van der Waals surface area contributed by atoms with Gasteiger partial charge in [-0.25, -0.2) is 4.79 Å². The van der Waals surface area contributed by atoms with Gasteiger partial charge in [0.05, 0.1) is 22.3 Å². The van der Waals surface area contributed by atoms with Crippen molar-refractivity contribution in [1.29, 1.82) is 0 Å². The first-order valence-electron chi connectivity index (χ1n) is 8.40. The second kappa shape index (κ2) is 7.65. The third-order valence-corrected chi connectivity index (χ3v) is 4.91. The van der Waals surface area contributed by atoms with Gasteiger partial charge < -0.3 is 19.8 Å². The fourth-order valence-electron chi connectivity index (χ4n) is 2.84. The molecule has 8 nitrogen and oxygen atoms in total. The Kier molecular flexibility index (Phi) is 5.04. The Labute approximate surface area is 173 Å². The van der Waals surface area contributed by atoms with E-state index in [0.29, 0.717) is 17.1 Å². The fraction of sp³-hybridized carbons (Fsp3) is 0.105. The van der Waals surface area contributed by atoms with Gasteiger partial charge in [-0.1, -0.05) is 35.3 Å². The van der Waals surface area contributed by atoms with E-state index in [0.717, 1.165) is 10.8 Å². The number of ether oxygens (including phenoxy) is 2. The molecular formula is C19H13Cl2N3O5. The van der Waals surface area contributed by atoms with E-state index in [-0.39, 0.29) is 34.6 Å². The molecule has 1 aromatic heterocycles. The number of rotatable bonds is 4. The monoisotopic (exact) mass is 433 g/mol. The van der Waals surface area contributed by atoms with Crippen molar-refractivity contribution >= 4 is 34.8 Å². The third kappa shape index (κ3) is 3.72. The zero-order valence-corrected chi connectivity index (χ0v) is 16.2. The lowest BCUT2D eigenvalue weighted by atomic mass is 10.2. The molecule has 0 fully saturated rings. The number of anilines is 1. The van der Waals surface area contributed by atoms with Crippen molar-refractivity contribution < 1.29 is 14.3 Å². The van der Waals surface area contributed by atoms with Gasteiger partial charge >= 0.3 is 5.69 Å². The SMILES string of the molecule is O=C(Nc1c(Cl)cccc1Cl)c1c[nH]c(=O)n(Cc2ccc3c(c2)OCO3)c1=O.